The molecule has 4 rings (SSSR count). The normalized spacial score (nSPS) is 26.4. The van der Waals surface area contributed by atoms with E-state index in [0.717, 1.165) is 51.4 Å². The Kier molecular flexibility index (Phi) is 95.0. The van der Waals surface area contributed by atoms with Crippen molar-refractivity contribution in [3.8, 4) is 0 Å². The summed E-state index contributed by atoms with van der Waals surface area (Å²) in [5.74, 6) is -3.65. The standard InChI is InChI=1S/4C6H14N2.C2H2O4.I2.6H2O.4Pt/c4*7-5-3-1-2-4-6(5)8;3-1(4)2(5)6;1-2;;;;;;;;;;/h4*5-6H,1-4,7-8H2;(H,3,4)(H,5,6);;6*1H2;;;;/p+2/t4*5-,6-;;;;;;;;;;;;/m1111............/s1. The molecule has 0 aliphatic heterocycles. The number of halogens is 2. The topological polar surface area (TPSA) is 475 Å². The zero-order valence-electron chi connectivity index (χ0n) is 28.4. The Labute approximate surface area is 378 Å². The number of aliphatic carboxylic acids is 2. The van der Waals surface area contributed by atoms with E-state index in [9.17, 15) is 0 Å². The second-order valence-electron chi connectivity index (χ2n) is 11.1. The number of rotatable bonds is 0. The first-order chi connectivity index (χ1) is 18.9. The van der Waals surface area contributed by atoms with Crippen LogP contribution in [0.4, 0.5) is 0 Å². The molecular weight excluding hydrogens is 1620 g/mol. The molecule has 4 saturated carbocycles. The van der Waals surface area contributed by atoms with Gasteiger partial charge in [-0.25, -0.2) is 9.59 Å². The van der Waals surface area contributed by atoms with Gasteiger partial charge in [-0.2, -0.15) is 0 Å². The van der Waals surface area contributed by atoms with E-state index in [-0.39, 0.29) is 165 Å². The van der Waals surface area contributed by atoms with Crippen molar-refractivity contribution in [2.24, 2.45) is 45.9 Å². The maximum atomic E-state index is 9.10. The summed E-state index contributed by atoms with van der Waals surface area (Å²) in [6.07, 6.45) is 19.2. The predicted molar refractivity (Wildman–Crippen MR) is 205 cm³/mol. The van der Waals surface area contributed by atoms with Crippen LogP contribution >= 0.6 is 37.2 Å². The van der Waals surface area contributed by atoms with Gasteiger partial charge in [-0.1, -0.05) is 51.4 Å². The summed E-state index contributed by atoms with van der Waals surface area (Å²) in [6, 6.07) is 2.25. The molecule has 4 aliphatic rings. The average molecular weight is 1690 g/mol. The van der Waals surface area contributed by atoms with Gasteiger partial charge in [0.1, 0.15) is 0 Å². The molecule has 32 N–H and O–H groups in total. The number of hydrogen-bond donors (Lipinski definition) is 10. The number of nitrogens with two attached hydrogens (primary N) is 8. The summed E-state index contributed by atoms with van der Waals surface area (Å²) in [4.78, 5) is 18.2. The first-order valence-electron chi connectivity index (χ1n) is 14.5. The minimum Gasteiger partial charge on any atom is -0.473 e. The van der Waals surface area contributed by atoms with Crippen LogP contribution in [0.1, 0.15) is 103 Å². The first-order valence-corrected chi connectivity index (χ1v) is 20.8. The first kappa shape index (κ1) is 85.0. The van der Waals surface area contributed by atoms with Crippen molar-refractivity contribution in [2.45, 2.75) is 151 Å². The van der Waals surface area contributed by atoms with Gasteiger partial charge in [-0.05, 0) is 51.4 Å². The Morgan fingerprint density at radius 3 is 0.480 bits per heavy atom. The van der Waals surface area contributed by atoms with E-state index in [0.29, 0.717) is 0 Å². The summed E-state index contributed by atoms with van der Waals surface area (Å²) < 4.78 is 0. The molecule has 0 aromatic carbocycles. The van der Waals surface area contributed by atoms with Crippen molar-refractivity contribution in [1.29, 1.82) is 0 Å². The van der Waals surface area contributed by atoms with Gasteiger partial charge in [-0.15, -0.1) is 0 Å². The molecule has 0 spiro atoms. The Hall–Kier alpha value is 2.59. The van der Waals surface area contributed by atoms with Crippen LogP contribution in [0.5, 0.6) is 0 Å². The van der Waals surface area contributed by atoms with E-state index in [1.165, 1.54) is 51.4 Å². The van der Waals surface area contributed by atoms with E-state index < -0.39 is 11.9 Å². The van der Waals surface area contributed by atoms with Crippen molar-refractivity contribution in [3.05, 3.63) is 0 Å². The average Bonchev–Trinajstić information content (AvgIpc) is 2.93. The van der Waals surface area contributed by atoms with E-state index in [1.54, 1.807) is 0 Å². The smallest absolute Gasteiger partial charge is 0.414 e. The molecule has 0 aromatic rings. The van der Waals surface area contributed by atoms with Crippen molar-refractivity contribution in [3.63, 3.8) is 0 Å². The van der Waals surface area contributed by atoms with Crippen LogP contribution in [0, 0.1) is 0 Å². The van der Waals surface area contributed by atoms with E-state index in [4.69, 9.17) is 65.7 Å². The maximum Gasteiger partial charge on any atom is 0.414 e. The van der Waals surface area contributed by atoms with E-state index in [1.807, 2.05) is 0 Å². The van der Waals surface area contributed by atoms with Gasteiger partial charge in [0.15, 0.2) is 0 Å². The second kappa shape index (κ2) is 55.9. The van der Waals surface area contributed by atoms with Gasteiger partial charge in [-0.3, -0.25) is 0 Å². The largest absolute Gasteiger partial charge is 0.473 e. The molecule has 0 aromatic heterocycles. The Morgan fingerprint density at radius 1 is 0.360 bits per heavy atom. The van der Waals surface area contributed by atoms with Crippen LogP contribution in [0.25, 0.3) is 0 Å². The zero-order chi connectivity index (χ0) is 31.1. The van der Waals surface area contributed by atoms with Crippen LogP contribution in [0.15, 0.2) is 0 Å². The molecule has 0 saturated heterocycles. The summed E-state index contributed by atoms with van der Waals surface area (Å²) in [7, 11) is 0. The van der Waals surface area contributed by atoms with E-state index >= 15 is 0 Å². The van der Waals surface area contributed by atoms with Crippen molar-refractivity contribution in [1.82, 2.24) is 0 Å². The Morgan fingerprint density at radius 2 is 0.440 bits per heavy atom. The molecule has 8 atom stereocenters. The van der Waals surface area contributed by atoms with Crippen molar-refractivity contribution in [2.75, 3.05) is 0 Å². The number of carboxylic acids is 2. The molecule has 4 aliphatic carbocycles. The van der Waals surface area contributed by atoms with Crippen LogP contribution in [0.3, 0.4) is 0 Å². The molecule has 0 radical (unpaired) electrons. The molecule has 0 amide bonds. The quantitative estimate of drug-likeness (QED) is 0.0646. The molecule has 18 nitrogen and oxygen atoms in total. The maximum absolute atomic E-state index is 9.10. The fourth-order valence-electron chi connectivity index (χ4n) is 4.75. The van der Waals surface area contributed by atoms with Gasteiger partial charge >= 0.3 is 11.9 Å². The summed E-state index contributed by atoms with van der Waals surface area (Å²) in [6.45, 7) is 0. The molecule has 0 unspecified atom stereocenters. The SMILES string of the molecule is II.N[C@@H]1CCCC[C@H]1N.N[C@@H]1CCCC[C@H]1N.N[C@@H]1CCCC[C@H]1N.N[C@@H]1CCCC[C@H]1N.O.O.O.O.O=C(O)C(=O)O.[OH3+].[OH3+].[Pt].[Pt].[Pt].[Pt]. The molecule has 0 heterocycles. The number of carboxylic acid groups (broad SMARTS) is 2. The van der Waals surface area contributed by atoms with Gasteiger partial charge < -0.3 is 88.9 Å². The van der Waals surface area contributed by atoms with Gasteiger partial charge in [0, 0.05) is 170 Å². The fraction of sp³-hybridized carbons (Fsp3) is 0.923. The van der Waals surface area contributed by atoms with Crippen molar-refractivity contribution < 1.29 is 137 Å². The summed E-state index contributed by atoms with van der Waals surface area (Å²) in [5, 5.41) is 14.8. The molecule has 4 fully saturated rings. The second-order valence-corrected chi connectivity index (χ2v) is 11.1. The molecule has 50 heavy (non-hydrogen) atoms. The predicted octanol–water partition coefficient (Wildman–Crippen LogP) is -3.37. The third kappa shape index (κ3) is 48.6. The van der Waals surface area contributed by atoms with Gasteiger partial charge in [0.25, 0.3) is 0 Å². The third-order valence-electron chi connectivity index (χ3n) is 7.68. The van der Waals surface area contributed by atoms with Crippen molar-refractivity contribution >= 4 is 49.2 Å². The summed E-state index contributed by atoms with van der Waals surface area (Å²) in [5.41, 5.74) is 45.2. The molecular formula is C26H72I2N8O10Pt4+2. The minimum absolute atomic E-state index is 0. The van der Waals surface area contributed by atoms with Gasteiger partial charge in [0.05, 0.1) is 0 Å². The van der Waals surface area contributed by atoms with Gasteiger partial charge in [0.2, 0.25) is 0 Å². The molecule has 0 bridgehead atoms. The zero-order valence-corrected chi connectivity index (χ0v) is 41.8. The van der Waals surface area contributed by atoms with Crippen LogP contribution < -0.4 is 45.9 Å². The monoisotopic (exact) mass is 1690 g/mol. The van der Waals surface area contributed by atoms with Crippen LogP contribution in [0.2, 0.25) is 0 Å². The molecule has 328 valence electrons. The van der Waals surface area contributed by atoms with Crippen LogP contribution in [-0.4, -0.2) is 92.4 Å². The third-order valence-corrected chi connectivity index (χ3v) is 7.68. The minimum atomic E-state index is -1.82. The Balaban J connectivity index is -0.0000000341. The number of carbonyl (C=O) groups is 2. The van der Waals surface area contributed by atoms with E-state index in [2.05, 4.69) is 37.2 Å². The molecule has 24 heteroatoms. The Bertz CT molecular complexity index is 546. The van der Waals surface area contributed by atoms with Crippen LogP contribution in [-0.2, 0) is 105 Å². The number of hydrogen-bond acceptors (Lipinski definition) is 10. The summed E-state index contributed by atoms with van der Waals surface area (Å²) >= 11 is 4.24. The fourth-order valence-corrected chi connectivity index (χ4v) is 4.75.